The summed E-state index contributed by atoms with van der Waals surface area (Å²) in [5, 5.41) is 5.04. The Morgan fingerprint density at radius 2 is 1.91 bits per heavy atom. The van der Waals surface area contributed by atoms with Crippen molar-refractivity contribution in [3.8, 4) is 0 Å². The summed E-state index contributed by atoms with van der Waals surface area (Å²) in [5.74, 6) is -4.03. The van der Waals surface area contributed by atoms with Crippen LogP contribution in [0.3, 0.4) is 0 Å². The number of nitrogens with two attached hydrogens (primary N) is 2. The number of nitrogens with zero attached hydrogens (tertiary/aromatic N) is 1. The van der Waals surface area contributed by atoms with E-state index < -0.39 is 52.9 Å². The largest absolute Gasteiger partial charge is 0.370 e. The van der Waals surface area contributed by atoms with E-state index in [0.717, 1.165) is 10.5 Å². The highest BCUT2D eigenvalue weighted by molar-refractivity contribution is 6.31. The van der Waals surface area contributed by atoms with Crippen molar-refractivity contribution in [1.29, 1.82) is 0 Å². The molecule has 1 spiro atoms. The molecule has 10 heteroatoms. The van der Waals surface area contributed by atoms with Crippen LogP contribution in [0.1, 0.15) is 29.5 Å². The first-order valence-electron chi connectivity index (χ1n) is 11.0. The maximum absolute atomic E-state index is 13.7. The minimum atomic E-state index is -1.39. The van der Waals surface area contributed by atoms with Gasteiger partial charge in [-0.3, -0.25) is 24.1 Å². The van der Waals surface area contributed by atoms with Crippen molar-refractivity contribution in [2.75, 3.05) is 5.32 Å². The van der Waals surface area contributed by atoms with Crippen molar-refractivity contribution in [2.24, 2.45) is 17.6 Å². The number of hydrogen-bond acceptors (Lipinski definition) is 4. The molecule has 3 aliphatic rings. The van der Waals surface area contributed by atoms with Gasteiger partial charge in [0.2, 0.25) is 23.3 Å². The van der Waals surface area contributed by atoms with Crippen LogP contribution >= 0.6 is 11.6 Å². The molecular formula is C24H23ClFN4O4+. The molecular weight excluding hydrogens is 463 g/mol. The van der Waals surface area contributed by atoms with E-state index in [0.29, 0.717) is 21.8 Å². The minimum Gasteiger partial charge on any atom is -0.370 e. The fourth-order valence-corrected chi connectivity index (χ4v) is 6.03. The van der Waals surface area contributed by atoms with Gasteiger partial charge >= 0.3 is 0 Å². The summed E-state index contributed by atoms with van der Waals surface area (Å²) in [5.41, 5.74) is 6.45. The van der Waals surface area contributed by atoms with E-state index in [2.05, 4.69) is 5.32 Å². The van der Waals surface area contributed by atoms with Crippen molar-refractivity contribution >= 4 is 40.9 Å². The Morgan fingerprint density at radius 3 is 2.59 bits per heavy atom. The molecule has 34 heavy (non-hydrogen) atoms. The van der Waals surface area contributed by atoms with E-state index in [1.54, 1.807) is 17.4 Å². The lowest BCUT2D eigenvalue weighted by Crippen LogP contribution is -2.99. The highest BCUT2D eigenvalue weighted by atomic mass is 35.5. The van der Waals surface area contributed by atoms with Gasteiger partial charge in [-0.25, -0.2) is 4.39 Å². The van der Waals surface area contributed by atoms with Gasteiger partial charge in [0, 0.05) is 23.4 Å². The van der Waals surface area contributed by atoms with Crippen LogP contribution in [0.5, 0.6) is 0 Å². The number of primary amides is 1. The Bertz CT molecular complexity index is 1250. The van der Waals surface area contributed by atoms with E-state index in [1.807, 2.05) is 6.92 Å². The Labute approximate surface area is 199 Å². The topological polar surface area (TPSA) is 126 Å². The third-order valence-electron chi connectivity index (χ3n) is 7.21. The SMILES string of the molecule is Cc1cc(Cl)cc2c1NC(=O)[C@]21[NH2+][C@@H](CCC(N)=O)[C@H]2C(=O)N(Cc3ccc(F)cc3)C(=O)[C@H]21. The average molecular weight is 486 g/mol. The quantitative estimate of drug-likeness (QED) is 0.545. The molecule has 0 saturated carbocycles. The molecule has 0 radical (unpaired) electrons. The van der Waals surface area contributed by atoms with Gasteiger partial charge in [-0.05, 0) is 42.3 Å². The average Bonchev–Trinajstić information content (AvgIpc) is 3.35. The van der Waals surface area contributed by atoms with Crippen LogP contribution in [-0.4, -0.2) is 34.6 Å². The monoisotopic (exact) mass is 485 g/mol. The number of fused-ring (bicyclic) bond motifs is 4. The van der Waals surface area contributed by atoms with E-state index in [-0.39, 0.29) is 19.4 Å². The molecule has 2 fully saturated rings. The number of carbonyl (C=O) groups is 4. The van der Waals surface area contributed by atoms with Crippen LogP contribution in [0.2, 0.25) is 5.02 Å². The van der Waals surface area contributed by atoms with Crippen molar-refractivity contribution in [2.45, 2.75) is 37.9 Å². The summed E-state index contributed by atoms with van der Waals surface area (Å²) < 4.78 is 13.3. The number of nitrogens with one attached hydrogen (secondary N) is 1. The number of anilines is 1. The zero-order chi connectivity index (χ0) is 24.4. The summed E-state index contributed by atoms with van der Waals surface area (Å²) in [4.78, 5) is 53.4. The summed E-state index contributed by atoms with van der Waals surface area (Å²) in [6, 6.07) is 8.41. The third kappa shape index (κ3) is 3.22. The molecule has 0 bridgehead atoms. The number of benzene rings is 2. The number of carbonyl (C=O) groups excluding carboxylic acids is 4. The smallest absolute Gasteiger partial charge is 0.291 e. The van der Waals surface area contributed by atoms with Crippen molar-refractivity contribution in [3.63, 3.8) is 0 Å². The maximum atomic E-state index is 13.7. The zero-order valence-corrected chi connectivity index (χ0v) is 19.1. The first-order chi connectivity index (χ1) is 16.1. The molecule has 0 aromatic heterocycles. The van der Waals surface area contributed by atoms with Gasteiger partial charge in [0.1, 0.15) is 23.7 Å². The summed E-state index contributed by atoms with van der Waals surface area (Å²) in [6.07, 6.45) is 0.257. The van der Waals surface area contributed by atoms with Crippen LogP contribution in [0.15, 0.2) is 36.4 Å². The van der Waals surface area contributed by atoms with Gasteiger partial charge in [-0.2, -0.15) is 0 Å². The number of rotatable bonds is 5. The number of imide groups is 1. The Kier molecular flexibility index (Phi) is 5.22. The zero-order valence-electron chi connectivity index (χ0n) is 18.3. The van der Waals surface area contributed by atoms with Crippen molar-refractivity contribution < 1.29 is 28.9 Å². The predicted octanol–water partition coefficient (Wildman–Crippen LogP) is 0.947. The molecule has 0 unspecified atom stereocenters. The molecule has 2 aromatic rings. The van der Waals surface area contributed by atoms with Gasteiger partial charge < -0.3 is 16.4 Å². The Hall–Kier alpha value is -3.30. The molecule has 5 N–H and O–H groups in total. The Morgan fingerprint density at radius 1 is 1.21 bits per heavy atom. The van der Waals surface area contributed by atoms with Crippen LogP contribution in [0.4, 0.5) is 10.1 Å². The molecule has 5 rings (SSSR count). The molecule has 176 valence electrons. The lowest BCUT2D eigenvalue weighted by atomic mass is 9.76. The molecule has 4 amide bonds. The van der Waals surface area contributed by atoms with Crippen LogP contribution in [0, 0.1) is 24.6 Å². The first-order valence-corrected chi connectivity index (χ1v) is 11.4. The fraction of sp³-hybridized carbons (Fsp3) is 0.333. The number of amides is 4. The minimum absolute atomic E-state index is 0.0168. The van der Waals surface area contributed by atoms with E-state index in [1.165, 1.54) is 24.3 Å². The number of halogens is 2. The lowest BCUT2D eigenvalue weighted by molar-refractivity contribution is -0.734. The van der Waals surface area contributed by atoms with Gasteiger partial charge in [0.15, 0.2) is 0 Å². The third-order valence-corrected chi connectivity index (χ3v) is 7.43. The normalized spacial score (nSPS) is 27.3. The molecule has 2 aromatic carbocycles. The van der Waals surface area contributed by atoms with Gasteiger partial charge in [-0.1, -0.05) is 23.7 Å². The van der Waals surface area contributed by atoms with E-state index >= 15 is 0 Å². The van der Waals surface area contributed by atoms with E-state index in [4.69, 9.17) is 17.3 Å². The molecule has 3 heterocycles. The number of likely N-dealkylation sites (tertiary alicyclic amines) is 1. The van der Waals surface area contributed by atoms with Crippen molar-refractivity contribution in [1.82, 2.24) is 4.90 Å². The van der Waals surface area contributed by atoms with Crippen molar-refractivity contribution in [3.05, 3.63) is 63.9 Å². The number of hydrogen-bond donors (Lipinski definition) is 3. The standard InChI is InChI=1S/C24H22ClFN4O4/c1-11-8-13(25)9-15-20(11)28-23(34)24(15)19-18(16(29-24)6-7-17(27)31)21(32)30(22(19)33)10-12-2-4-14(26)5-3-12/h2-5,8-9,16,18-19,29H,6-7,10H2,1H3,(H2,27,31)(H,28,34)/p+1/t16-,18+,19-,24-/m0/s1. The van der Waals surface area contributed by atoms with Gasteiger partial charge in [-0.15, -0.1) is 0 Å². The van der Waals surface area contributed by atoms with Crippen LogP contribution < -0.4 is 16.4 Å². The second-order valence-electron chi connectivity index (χ2n) is 9.20. The molecule has 4 atom stereocenters. The lowest BCUT2D eigenvalue weighted by Gasteiger charge is -2.26. The molecule has 0 aliphatic carbocycles. The predicted molar refractivity (Wildman–Crippen MR) is 120 cm³/mol. The summed E-state index contributed by atoms with van der Waals surface area (Å²) >= 11 is 6.33. The Balaban J connectivity index is 1.60. The van der Waals surface area contributed by atoms with Crippen LogP contribution in [0.25, 0.3) is 0 Å². The van der Waals surface area contributed by atoms with Gasteiger partial charge in [0.25, 0.3) is 5.91 Å². The highest BCUT2D eigenvalue weighted by Gasteiger charge is 2.74. The molecule has 3 aliphatic heterocycles. The summed E-state index contributed by atoms with van der Waals surface area (Å²) in [6.45, 7) is 1.77. The summed E-state index contributed by atoms with van der Waals surface area (Å²) in [7, 11) is 0. The molecule has 8 nitrogen and oxygen atoms in total. The fourth-order valence-electron chi connectivity index (χ4n) is 5.75. The molecule has 2 saturated heterocycles. The number of quaternary nitrogens is 1. The highest BCUT2D eigenvalue weighted by Crippen LogP contribution is 2.51. The second-order valence-corrected chi connectivity index (χ2v) is 9.63. The second kappa shape index (κ2) is 7.89. The first kappa shape index (κ1) is 22.5. The maximum Gasteiger partial charge on any atom is 0.291 e. The van der Waals surface area contributed by atoms with Crippen LogP contribution in [-0.2, 0) is 31.3 Å². The number of aryl methyl sites for hydroxylation is 1. The van der Waals surface area contributed by atoms with Gasteiger partial charge in [0.05, 0.1) is 12.2 Å². The van der Waals surface area contributed by atoms with E-state index in [9.17, 15) is 23.6 Å².